The van der Waals surface area contributed by atoms with Gasteiger partial charge in [-0.1, -0.05) is 160 Å². The summed E-state index contributed by atoms with van der Waals surface area (Å²) in [5.41, 5.74) is 2.45. The third-order valence-corrected chi connectivity index (χ3v) is 20.6. The number of carbonyl (C=O) groups excluding carboxylic acids is 3. The monoisotopic (exact) mass is 1520 g/mol. The number of nitrogens with one attached hydrogen (secondary N) is 3. The first-order valence-electron chi connectivity index (χ1n) is 37.9. The zero-order valence-corrected chi connectivity index (χ0v) is 67.0. The molecule has 0 aliphatic heterocycles. The van der Waals surface area contributed by atoms with Crippen molar-refractivity contribution in [1.29, 1.82) is 0 Å². The van der Waals surface area contributed by atoms with E-state index in [2.05, 4.69) is 72.2 Å². The molecule has 1 saturated carbocycles. The summed E-state index contributed by atoms with van der Waals surface area (Å²) < 4.78 is 94.8. The van der Waals surface area contributed by atoms with Gasteiger partial charge in [0, 0.05) is 82.1 Å². The van der Waals surface area contributed by atoms with Gasteiger partial charge in [-0.15, -0.1) is 0 Å². The van der Waals surface area contributed by atoms with Crippen molar-refractivity contribution in [3.63, 3.8) is 0 Å². The van der Waals surface area contributed by atoms with Gasteiger partial charge in [0.2, 0.25) is 30.1 Å². The number of nitrogens with zero attached hydrogens (tertiary/aromatic N) is 5. The fraction of sp³-hybridized carbons (Fsp3) is 0.512. The molecule has 0 unspecified atom stereocenters. The second-order valence-electron chi connectivity index (χ2n) is 27.5. The predicted molar refractivity (Wildman–Crippen MR) is 429 cm³/mol. The molecule has 0 atom stereocenters. The van der Waals surface area contributed by atoms with Crippen LogP contribution in [0.2, 0.25) is 0 Å². The van der Waals surface area contributed by atoms with E-state index in [4.69, 9.17) is 29.6 Å². The quantitative estimate of drug-likeness (QED) is 0.0153. The van der Waals surface area contributed by atoms with Crippen LogP contribution in [0.15, 0.2) is 142 Å². The van der Waals surface area contributed by atoms with E-state index in [-0.39, 0.29) is 66.3 Å². The Hall–Kier alpha value is -7.82. The summed E-state index contributed by atoms with van der Waals surface area (Å²) >= 11 is 0. The first-order chi connectivity index (χ1) is 50.7. The van der Waals surface area contributed by atoms with Crippen molar-refractivity contribution < 1.29 is 53.8 Å². The number of hydrogen-bond acceptors (Lipinski definition) is 17. The third kappa shape index (κ3) is 30.4. The molecule has 23 nitrogen and oxygen atoms in total. The first-order valence-corrected chi connectivity index (χ1v) is 42.5. The number of ether oxygens (including phenoxy) is 3. The lowest BCUT2D eigenvalue weighted by molar-refractivity contribution is 0.0939. The number of likely N-dealkylation sites (N-methyl/N-ethyl adjacent to an activating group) is 1. The van der Waals surface area contributed by atoms with Crippen molar-refractivity contribution in [2.75, 3.05) is 115 Å². The standard InChI is InChI=1S/C29H43N3O4S.C26H40N4O4S.C25H38N4O4S/c1-3-5-18-32(19-6-4-2)26-20-24(29(33)31-22-23-14-10-7-8-11-15-23)21-27(37(30,34)35)28(26)36-25-16-12-9-13-17-25;1-5-7-17-30(18-8-6-2)23-19-21(26(31)28-15-12-16-29(3)4)20-24(35(27,32)33)25(23)34-22-13-10-9-11-14-22;1-5-7-15-29(16-8-6-2)22-18-20(25(30)27-14-17-28(3)4)19-23(34(26,31)32)24(22)33-21-12-10-9-11-13-21/h9,12-13,16-17,20-21,23H,3-8,10-11,14-15,18-19,22H2,1-2H3,(H,31,33)(H2,30,34,35);9-11,13-14,19-20H,5-8,12,15-18H2,1-4H3,(H,28,31)(H2,27,32,33);9-13,18-19H,5-8,14-17H2,1-4H3,(H,27,30)(H2,26,31,32). The molecule has 3 amide bonds. The molecule has 9 N–H and O–H groups in total. The molecule has 106 heavy (non-hydrogen) atoms. The van der Waals surface area contributed by atoms with Gasteiger partial charge in [0.05, 0.1) is 17.1 Å². The molecule has 586 valence electrons. The van der Waals surface area contributed by atoms with Crippen LogP contribution in [-0.4, -0.2) is 153 Å². The Morgan fingerprint density at radius 1 is 0.377 bits per heavy atom. The highest BCUT2D eigenvalue weighted by molar-refractivity contribution is 7.89. The highest BCUT2D eigenvalue weighted by Crippen LogP contribution is 2.43. The van der Waals surface area contributed by atoms with Gasteiger partial charge in [-0.3, -0.25) is 14.4 Å². The van der Waals surface area contributed by atoms with E-state index in [9.17, 15) is 39.6 Å². The lowest BCUT2D eigenvalue weighted by Gasteiger charge is -2.28. The molecule has 0 radical (unpaired) electrons. The molecule has 1 aliphatic carbocycles. The van der Waals surface area contributed by atoms with Crippen LogP contribution in [0.3, 0.4) is 0 Å². The Labute approximate surface area is 633 Å². The fourth-order valence-corrected chi connectivity index (χ4v) is 14.0. The third-order valence-electron chi connectivity index (χ3n) is 17.9. The highest BCUT2D eigenvalue weighted by Gasteiger charge is 2.31. The molecular formula is C80H121N11O12S3. The zero-order valence-electron chi connectivity index (χ0n) is 64.5. The summed E-state index contributed by atoms with van der Waals surface area (Å²) in [6, 6.07) is 36.2. The smallest absolute Gasteiger partial charge is 0.251 e. The first kappa shape index (κ1) is 88.8. The van der Waals surface area contributed by atoms with Gasteiger partial charge < -0.3 is 54.7 Å². The van der Waals surface area contributed by atoms with Crippen LogP contribution >= 0.6 is 0 Å². The van der Waals surface area contributed by atoms with Crippen LogP contribution in [-0.2, 0) is 30.1 Å². The van der Waals surface area contributed by atoms with Crippen molar-refractivity contribution >= 4 is 64.9 Å². The van der Waals surface area contributed by atoms with Crippen LogP contribution in [0, 0.1) is 5.92 Å². The molecule has 26 heteroatoms. The molecule has 1 fully saturated rings. The maximum Gasteiger partial charge on any atom is 0.251 e. The number of amides is 3. The average Bonchev–Trinajstić information content (AvgIpc) is 0.793. The Balaban J connectivity index is 0.000000286. The van der Waals surface area contributed by atoms with Gasteiger partial charge in [-0.25, -0.2) is 40.7 Å². The molecule has 0 aromatic heterocycles. The minimum atomic E-state index is -4.18. The van der Waals surface area contributed by atoms with Gasteiger partial charge in [0.25, 0.3) is 17.7 Å². The molecule has 7 rings (SSSR count). The fourth-order valence-electron chi connectivity index (χ4n) is 11.9. The number of anilines is 3. The van der Waals surface area contributed by atoms with Crippen molar-refractivity contribution in [1.82, 2.24) is 25.8 Å². The Bertz CT molecular complexity index is 3960. The van der Waals surface area contributed by atoms with Crippen molar-refractivity contribution in [2.45, 2.75) is 178 Å². The van der Waals surface area contributed by atoms with Gasteiger partial charge in [0.1, 0.15) is 31.9 Å². The number of primary sulfonamides is 3. The van der Waals surface area contributed by atoms with E-state index < -0.39 is 30.1 Å². The molecular weight excluding hydrogens is 1400 g/mol. The average molecular weight is 1530 g/mol. The Morgan fingerprint density at radius 2 is 0.660 bits per heavy atom. The molecule has 0 bridgehead atoms. The molecule has 6 aromatic rings. The summed E-state index contributed by atoms with van der Waals surface area (Å²) in [6.45, 7) is 19.9. The van der Waals surface area contributed by atoms with Crippen LogP contribution < -0.4 is 60.3 Å². The highest BCUT2D eigenvalue weighted by atomic mass is 32.2. The van der Waals surface area contributed by atoms with E-state index in [0.717, 1.165) is 116 Å². The molecule has 0 spiro atoms. The second-order valence-corrected chi connectivity index (χ2v) is 32.1. The molecule has 0 heterocycles. The summed E-state index contributed by atoms with van der Waals surface area (Å²) in [7, 11) is -4.77. The van der Waals surface area contributed by atoms with Crippen LogP contribution in [0.5, 0.6) is 34.5 Å². The molecule has 6 aromatic carbocycles. The van der Waals surface area contributed by atoms with Crippen molar-refractivity contribution in [3.8, 4) is 34.5 Å². The second kappa shape index (κ2) is 46.4. The minimum absolute atomic E-state index is 0.144. The molecule has 0 saturated heterocycles. The lowest BCUT2D eigenvalue weighted by atomic mass is 10.0. The van der Waals surface area contributed by atoms with Crippen LogP contribution in [0.4, 0.5) is 17.1 Å². The Kier molecular flexibility index (Phi) is 38.9. The van der Waals surface area contributed by atoms with Gasteiger partial charge in [-0.05, 0) is 171 Å². The summed E-state index contributed by atoms with van der Waals surface area (Å²) in [5, 5.41) is 25.8. The number of hydrogen-bond donors (Lipinski definition) is 6. The number of unbranched alkanes of at least 4 members (excludes halogenated alkanes) is 6. The number of nitrogens with two attached hydrogens (primary N) is 3. The van der Waals surface area contributed by atoms with Crippen LogP contribution in [0.25, 0.3) is 0 Å². The summed E-state index contributed by atoms with van der Waals surface area (Å²) in [4.78, 5) is 49.0. The SMILES string of the molecule is CCCCN(CCCC)c1cc(C(=O)NCC2CCCCCC2)cc(S(N)(=O)=O)c1Oc1ccccc1.CCCCN(CCCC)c1cc(C(=O)NCCCN(C)C)cc(S(N)(=O)=O)c1Oc1ccccc1.CCCCN(CCCC)c1cc(C(=O)NCCN(C)C)cc(S(N)(=O)=O)c1Oc1ccccc1. The number of sulfonamides is 3. The number of para-hydroxylation sites is 3. The number of benzene rings is 6. The topological polar surface area (TPSA) is 312 Å². The van der Waals surface area contributed by atoms with E-state index in [1.807, 2.05) is 92.6 Å². The zero-order chi connectivity index (χ0) is 77.7. The predicted octanol–water partition coefficient (Wildman–Crippen LogP) is 14.3. The van der Waals surface area contributed by atoms with Crippen molar-refractivity contribution in [3.05, 3.63) is 144 Å². The van der Waals surface area contributed by atoms with E-state index in [0.29, 0.717) is 92.6 Å². The summed E-state index contributed by atoms with van der Waals surface area (Å²) in [6.07, 6.45) is 19.3. The van der Waals surface area contributed by atoms with Crippen LogP contribution in [0.1, 0.15) is 195 Å². The molecule has 1 aliphatic rings. The lowest BCUT2D eigenvalue weighted by Crippen LogP contribution is -2.32. The van der Waals surface area contributed by atoms with E-state index in [1.165, 1.54) is 43.9 Å². The summed E-state index contributed by atoms with van der Waals surface area (Å²) in [5.74, 6) is 1.42. The van der Waals surface area contributed by atoms with E-state index in [1.54, 1.807) is 54.6 Å². The largest absolute Gasteiger partial charge is 0.454 e. The minimum Gasteiger partial charge on any atom is -0.454 e. The number of carbonyl (C=O) groups is 3. The maximum atomic E-state index is 13.3. The van der Waals surface area contributed by atoms with E-state index >= 15 is 0 Å². The van der Waals surface area contributed by atoms with Gasteiger partial charge >= 0.3 is 0 Å². The maximum absolute atomic E-state index is 13.3. The van der Waals surface area contributed by atoms with Gasteiger partial charge in [0.15, 0.2) is 17.2 Å². The normalized spacial score (nSPS) is 12.6. The number of rotatable bonds is 42. The Morgan fingerprint density at radius 3 is 0.934 bits per heavy atom. The van der Waals surface area contributed by atoms with Gasteiger partial charge in [-0.2, -0.15) is 0 Å². The van der Waals surface area contributed by atoms with Crippen molar-refractivity contribution in [2.24, 2.45) is 21.3 Å².